The van der Waals surface area contributed by atoms with Crippen molar-refractivity contribution in [1.82, 2.24) is 10.2 Å². The van der Waals surface area contributed by atoms with Crippen LogP contribution in [-0.2, 0) is 9.59 Å². The quantitative estimate of drug-likeness (QED) is 0.779. The predicted molar refractivity (Wildman–Crippen MR) is 84.5 cm³/mol. The molecule has 1 aliphatic carbocycles. The molecule has 1 saturated heterocycles. The number of carbonyl (C=O) groups excluding carboxylic acids is 1. The summed E-state index contributed by atoms with van der Waals surface area (Å²) in [6.07, 6.45) is 4.81. The van der Waals surface area contributed by atoms with Gasteiger partial charge in [0.25, 0.3) is 0 Å². The molecule has 5 nitrogen and oxygen atoms in total. The van der Waals surface area contributed by atoms with Crippen LogP contribution in [0.25, 0.3) is 0 Å². The second-order valence-electron chi connectivity index (χ2n) is 5.91. The van der Waals surface area contributed by atoms with Gasteiger partial charge in [0, 0.05) is 24.4 Å². The smallest absolute Gasteiger partial charge is 0.306 e. The van der Waals surface area contributed by atoms with Crippen LogP contribution in [0.1, 0.15) is 39.0 Å². The van der Waals surface area contributed by atoms with Crippen molar-refractivity contribution >= 4 is 23.6 Å². The molecule has 1 heterocycles. The van der Waals surface area contributed by atoms with Crippen molar-refractivity contribution in [2.45, 2.75) is 50.3 Å². The van der Waals surface area contributed by atoms with Crippen molar-refractivity contribution in [2.75, 3.05) is 25.4 Å². The van der Waals surface area contributed by atoms with E-state index in [-0.39, 0.29) is 11.8 Å². The third-order valence-electron chi connectivity index (χ3n) is 4.55. The Morgan fingerprint density at radius 2 is 1.95 bits per heavy atom. The lowest BCUT2D eigenvalue weighted by atomic mass is 9.97. The largest absolute Gasteiger partial charge is 0.481 e. The average Bonchev–Trinajstić information content (AvgIpc) is 2.92. The van der Waals surface area contributed by atoms with Gasteiger partial charge in [-0.15, -0.1) is 0 Å². The van der Waals surface area contributed by atoms with E-state index in [1.165, 1.54) is 12.8 Å². The highest BCUT2D eigenvalue weighted by Gasteiger charge is 2.29. The Hall–Kier alpha value is -0.750. The minimum atomic E-state index is -0.731. The minimum absolute atomic E-state index is 0.117. The maximum Gasteiger partial charge on any atom is 0.306 e. The Bertz CT molecular complexity index is 370. The molecule has 21 heavy (non-hydrogen) atoms. The minimum Gasteiger partial charge on any atom is -0.481 e. The number of rotatable bonds is 6. The van der Waals surface area contributed by atoms with Crippen LogP contribution < -0.4 is 5.32 Å². The number of carbonyl (C=O) groups is 2. The summed E-state index contributed by atoms with van der Waals surface area (Å²) in [5.41, 5.74) is 0. The highest BCUT2D eigenvalue weighted by molar-refractivity contribution is 7.99. The summed E-state index contributed by atoms with van der Waals surface area (Å²) in [5, 5.41) is 13.0. The van der Waals surface area contributed by atoms with Crippen molar-refractivity contribution in [3.63, 3.8) is 0 Å². The first-order valence-electron chi connectivity index (χ1n) is 7.97. The highest BCUT2D eigenvalue weighted by atomic mass is 32.2. The van der Waals surface area contributed by atoms with Crippen molar-refractivity contribution in [3.05, 3.63) is 0 Å². The fraction of sp³-hybridized carbons (Fsp3) is 0.867. The normalized spacial score (nSPS) is 27.0. The van der Waals surface area contributed by atoms with Gasteiger partial charge in [-0.3, -0.25) is 9.59 Å². The van der Waals surface area contributed by atoms with Gasteiger partial charge in [0.2, 0.25) is 5.91 Å². The molecule has 2 fully saturated rings. The van der Waals surface area contributed by atoms with Gasteiger partial charge >= 0.3 is 5.97 Å². The fourth-order valence-corrected chi connectivity index (χ4v) is 4.51. The summed E-state index contributed by atoms with van der Waals surface area (Å²) in [4.78, 5) is 24.9. The molecule has 2 rings (SSSR count). The molecular formula is C15H26N2O3S. The standard InChI is InChI=1S/C15H26N2O3S/c1-2-21-13-5-3-4-12(13)16-10-14(18)17-8-6-11(7-9-17)15(19)20/h11-13,16H,2-10H2,1H3,(H,19,20). The van der Waals surface area contributed by atoms with Gasteiger partial charge in [-0.2, -0.15) is 11.8 Å². The Kier molecular flexibility index (Phi) is 6.36. The number of aliphatic carboxylic acids is 1. The lowest BCUT2D eigenvalue weighted by Gasteiger charge is -2.31. The zero-order valence-corrected chi connectivity index (χ0v) is 13.5. The molecule has 2 N–H and O–H groups in total. The van der Waals surface area contributed by atoms with Gasteiger partial charge in [0.15, 0.2) is 0 Å². The van der Waals surface area contributed by atoms with E-state index in [0.717, 1.165) is 12.2 Å². The molecule has 0 aromatic rings. The fourth-order valence-electron chi connectivity index (χ4n) is 3.28. The number of hydrogen-bond donors (Lipinski definition) is 2. The summed E-state index contributed by atoms with van der Waals surface area (Å²) in [7, 11) is 0. The van der Waals surface area contributed by atoms with Crippen LogP contribution in [-0.4, -0.2) is 58.6 Å². The molecule has 0 aromatic heterocycles. The van der Waals surface area contributed by atoms with Crippen molar-refractivity contribution in [2.24, 2.45) is 5.92 Å². The van der Waals surface area contributed by atoms with Crippen LogP contribution in [0.5, 0.6) is 0 Å². The molecule has 0 bridgehead atoms. The summed E-state index contributed by atoms with van der Waals surface area (Å²) in [5.74, 6) is 0.234. The predicted octanol–water partition coefficient (Wildman–Crippen LogP) is 1.57. The number of thioether (sulfide) groups is 1. The van der Waals surface area contributed by atoms with Crippen LogP contribution in [0.2, 0.25) is 0 Å². The summed E-state index contributed by atoms with van der Waals surface area (Å²) in [6.45, 7) is 3.73. The lowest BCUT2D eigenvalue weighted by molar-refractivity contribution is -0.145. The molecule has 2 atom stereocenters. The summed E-state index contributed by atoms with van der Waals surface area (Å²) < 4.78 is 0. The second kappa shape index (κ2) is 8.03. The van der Waals surface area contributed by atoms with Crippen molar-refractivity contribution < 1.29 is 14.7 Å². The van der Waals surface area contributed by atoms with Gasteiger partial charge in [0.05, 0.1) is 12.5 Å². The molecule has 0 radical (unpaired) electrons. The van der Waals surface area contributed by atoms with E-state index >= 15 is 0 Å². The number of likely N-dealkylation sites (tertiary alicyclic amines) is 1. The first kappa shape index (κ1) is 16.6. The Morgan fingerprint density at radius 3 is 2.57 bits per heavy atom. The molecule has 0 spiro atoms. The number of nitrogens with one attached hydrogen (secondary N) is 1. The molecular weight excluding hydrogens is 288 g/mol. The summed E-state index contributed by atoms with van der Waals surface area (Å²) >= 11 is 1.99. The molecule has 1 amide bonds. The van der Waals surface area contributed by atoms with Crippen molar-refractivity contribution in [1.29, 1.82) is 0 Å². The van der Waals surface area contributed by atoms with Crippen LogP contribution >= 0.6 is 11.8 Å². The van der Waals surface area contributed by atoms with E-state index in [1.54, 1.807) is 0 Å². The number of piperidine rings is 1. The van der Waals surface area contributed by atoms with Gasteiger partial charge in [0.1, 0.15) is 0 Å². The Balaban J connectivity index is 1.71. The number of hydrogen-bond acceptors (Lipinski definition) is 4. The molecule has 120 valence electrons. The van der Waals surface area contributed by atoms with Gasteiger partial charge in [-0.1, -0.05) is 13.3 Å². The van der Waals surface area contributed by atoms with E-state index in [0.29, 0.717) is 43.8 Å². The maximum absolute atomic E-state index is 12.2. The molecule has 0 aromatic carbocycles. The number of carboxylic acid groups (broad SMARTS) is 1. The van der Waals surface area contributed by atoms with E-state index < -0.39 is 5.97 Å². The van der Waals surface area contributed by atoms with E-state index in [2.05, 4.69) is 12.2 Å². The average molecular weight is 314 g/mol. The van der Waals surface area contributed by atoms with E-state index in [1.807, 2.05) is 16.7 Å². The van der Waals surface area contributed by atoms with Crippen LogP contribution in [0.4, 0.5) is 0 Å². The zero-order chi connectivity index (χ0) is 15.2. The molecule has 6 heteroatoms. The monoisotopic (exact) mass is 314 g/mol. The van der Waals surface area contributed by atoms with E-state index in [9.17, 15) is 9.59 Å². The molecule has 2 unspecified atom stereocenters. The number of amides is 1. The topological polar surface area (TPSA) is 69.6 Å². The third kappa shape index (κ3) is 4.61. The van der Waals surface area contributed by atoms with Crippen molar-refractivity contribution in [3.8, 4) is 0 Å². The number of carboxylic acids is 1. The molecule has 2 aliphatic rings. The maximum atomic E-state index is 12.2. The number of nitrogens with zero attached hydrogens (tertiary/aromatic N) is 1. The molecule has 1 saturated carbocycles. The zero-order valence-electron chi connectivity index (χ0n) is 12.7. The second-order valence-corrected chi connectivity index (χ2v) is 7.42. The van der Waals surface area contributed by atoms with Crippen LogP contribution in [0, 0.1) is 5.92 Å². The van der Waals surface area contributed by atoms with Crippen LogP contribution in [0.3, 0.4) is 0 Å². The first-order valence-corrected chi connectivity index (χ1v) is 9.02. The highest BCUT2D eigenvalue weighted by Crippen LogP contribution is 2.29. The Labute approximate surface area is 130 Å². The SMILES string of the molecule is CCSC1CCCC1NCC(=O)N1CCC(C(=O)O)CC1. The van der Waals surface area contributed by atoms with Gasteiger partial charge < -0.3 is 15.3 Å². The third-order valence-corrected chi connectivity index (χ3v) is 5.87. The van der Waals surface area contributed by atoms with Crippen LogP contribution in [0.15, 0.2) is 0 Å². The molecule has 1 aliphatic heterocycles. The van der Waals surface area contributed by atoms with E-state index in [4.69, 9.17) is 5.11 Å². The van der Waals surface area contributed by atoms with Gasteiger partial charge in [-0.05, 0) is 31.4 Å². The van der Waals surface area contributed by atoms with Gasteiger partial charge in [-0.25, -0.2) is 0 Å². The Morgan fingerprint density at radius 1 is 1.24 bits per heavy atom. The summed E-state index contributed by atoms with van der Waals surface area (Å²) in [6, 6.07) is 0.454. The lowest BCUT2D eigenvalue weighted by Crippen LogP contribution is -2.46. The first-order chi connectivity index (χ1) is 10.1.